The maximum Gasteiger partial charge on any atom is 0.433 e. The molecule has 3 aromatic rings. The summed E-state index contributed by atoms with van der Waals surface area (Å²) in [7, 11) is -3.82. The predicted octanol–water partition coefficient (Wildman–Crippen LogP) is 4.79. The summed E-state index contributed by atoms with van der Waals surface area (Å²) in [6.45, 7) is -0.413. The van der Waals surface area contributed by atoms with Crippen molar-refractivity contribution in [1.29, 1.82) is 0 Å². The molecule has 0 unspecified atom stereocenters. The highest BCUT2D eigenvalue weighted by Crippen LogP contribution is 2.28. The van der Waals surface area contributed by atoms with Crippen LogP contribution in [0.4, 0.5) is 23.2 Å². The fourth-order valence-electron chi connectivity index (χ4n) is 2.99. The van der Waals surface area contributed by atoms with Crippen LogP contribution in [0.2, 0.25) is 5.02 Å². The second-order valence-electron chi connectivity index (χ2n) is 7.25. The number of halogens is 5. The van der Waals surface area contributed by atoms with Crippen LogP contribution in [0.5, 0.6) is 0 Å². The first-order valence-electron chi connectivity index (χ1n) is 9.67. The van der Waals surface area contributed by atoms with Crippen LogP contribution in [0.1, 0.15) is 27.2 Å². The number of pyridine rings is 1. The van der Waals surface area contributed by atoms with Gasteiger partial charge in [-0.25, -0.2) is 12.8 Å². The quantitative estimate of drug-likeness (QED) is 0.459. The van der Waals surface area contributed by atoms with Gasteiger partial charge in [0.05, 0.1) is 18.5 Å². The van der Waals surface area contributed by atoms with Crippen LogP contribution in [-0.4, -0.2) is 25.6 Å². The maximum atomic E-state index is 14.2. The highest BCUT2D eigenvalue weighted by atomic mass is 35.5. The van der Waals surface area contributed by atoms with E-state index >= 15 is 0 Å². The summed E-state index contributed by atoms with van der Waals surface area (Å²) in [5, 5.41) is 2.62. The van der Waals surface area contributed by atoms with E-state index in [1.54, 1.807) is 0 Å². The van der Waals surface area contributed by atoms with Gasteiger partial charge < -0.3 is 5.32 Å². The molecule has 0 aliphatic carbocycles. The molecule has 0 spiro atoms. The molecule has 0 aliphatic heterocycles. The van der Waals surface area contributed by atoms with Gasteiger partial charge in [-0.1, -0.05) is 23.7 Å². The van der Waals surface area contributed by atoms with Crippen molar-refractivity contribution in [2.45, 2.75) is 19.3 Å². The molecule has 0 fully saturated rings. The fraction of sp³-hybridized carbons (Fsp3) is 0.182. The second-order valence-corrected chi connectivity index (χ2v) is 9.56. The van der Waals surface area contributed by atoms with E-state index in [0.717, 1.165) is 22.8 Å². The van der Waals surface area contributed by atoms with Gasteiger partial charge in [-0.2, -0.15) is 13.2 Å². The summed E-state index contributed by atoms with van der Waals surface area (Å²) >= 11 is 6.02. The van der Waals surface area contributed by atoms with Gasteiger partial charge in [0.2, 0.25) is 10.0 Å². The van der Waals surface area contributed by atoms with Crippen molar-refractivity contribution in [3.05, 3.63) is 94.0 Å². The number of rotatable bonds is 7. The molecule has 34 heavy (non-hydrogen) atoms. The molecular weight excluding hydrogens is 498 g/mol. The molecule has 1 heterocycles. The van der Waals surface area contributed by atoms with E-state index in [9.17, 15) is 30.8 Å². The molecule has 1 N–H and O–H groups in total. The average Bonchev–Trinajstić information content (AvgIpc) is 2.76. The number of alkyl halides is 3. The minimum Gasteiger partial charge on any atom is -0.348 e. The van der Waals surface area contributed by atoms with Gasteiger partial charge in [0, 0.05) is 28.9 Å². The van der Waals surface area contributed by atoms with Crippen LogP contribution in [0.15, 0.2) is 60.8 Å². The number of hydrogen-bond donors (Lipinski definition) is 1. The van der Waals surface area contributed by atoms with E-state index in [1.807, 2.05) is 0 Å². The largest absolute Gasteiger partial charge is 0.433 e. The SMILES string of the molecule is CS(=O)(=O)N(Cc1c(F)cccc1Cl)c1ccc(C(=O)NCc2ccc(C(F)(F)F)nc2)cc1. The van der Waals surface area contributed by atoms with Crippen molar-refractivity contribution in [3.63, 3.8) is 0 Å². The lowest BCUT2D eigenvalue weighted by Gasteiger charge is -2.23. The van der Waals surface area contributed by atoms with E-state index in [2.05, 4.69) is 10.3 Å². The molecule has 1 amide bonds. The monoisotopic (exact) mass is 515 g/mol. The van der Waals surface area contributed by atoms with Gasteiger partial charge in [-0.05, 0) is 48.0 Å². The average molecular weight is 516 g/mol. The van der Waals surface area contributed by atoms with Gasteiger partial charge in [-0.3, -0.25) is 14.1 Å². The molecule has 0 aliphatic rings. The van der Waals surface area contributed by atoms with Crippen molar-refractivity contribution in [2.24, 2.45) is 0 Å². The van der Waals surface area contributed by atoms with Crippen molar-refractivity contribution in [2.75, 3.05) is 10.6 Å². The molecule has 12 heteroatoms. The van der Waals surface area contributed by atoms with Crippen molar-refractivity contribution >= 4 is 33.2 Å². The van der Waals surface area contributed by atoms with Crippen LogP contribution in [0.3, 0.4) is 0 Å². The lowest BCUT2D eigenvalue weighted by atomic mass is 10.1. The Labute approximate surface area is 198 Å². The van der Waals surface area contributed by atoms with E-state index < -0.39 is 33.6 Å². The normalized spacial score (nSPS) is 11.8. The Kier molecular flexibility index (Phi) is 7.47. The number of sulfonamides is 1. The molecule has 0 radical (unpaired) electrons. The molecule has 1 aromatic heterocycles. The van der Waals surface area contributed by atoms with E-state index in [-0.39, 0.29) is 34.9 Å². The van der Waals surface area contributed by atoms with Crippen molar-refractivity contribution in [3.8, 4) is 0 Å². The lowest BCUT2D eigenvalue weighted by Crippen LogP contribution is -2.30. The van der Waals surface area contributed by atoms with Crippen LogP contribution >= 0.6 is 11.6 Å². The Morgan fingerprint density at radius 3 is 2.29 bits per heavy atom. The number of anilines is 1. The molecule has 3 rings (SSSR count). The third kappa shape index (κ3) is 6.23. The van der Waals surface area contributed by atoms with Crippen LogP contribution < -0.4 is 9.62 Å². The van der Waals surface area contributed by atoms with Crippen molar-refractivity contribution in [1.82, 2.24) is 10.3 Å². The third-order valence-corrected chi connectivity index (χ3v) is 6.24. The number of aromatic nitrogens is 1. The summed E-state index contributed by atoms with van der Waals surface area (Å²) < 4.78 is 77.5. The summed E-state index contributed by atoms with van der Waals surface area (Å²) in [6.07, 6.45) is -2.58. The summed E-state index contributed by atoms with van der Waals surface area (Å²) in [4.78, 5) is 15.7. The molecule has 0 bridgehead atoms. The molecule has 2 aromatic carbocycles. The van der Waals surface area contributed by atoms with Gasteiger partial charge in [0.1, 0.15) is 11.5 Å². The van der Waals surface area contributed by atoms with Crippen LogP contribution in [0, 0.1) is 5.82 Å². The Morgan fingerprint density at radius 2 is 1.76 bits per heavy atom. The van der Waals surface area contributed by atoms with Gasteiger partial charge in [-0.15, -0.1) is 0 Å². The number of amides is 1. The number of benzene rings is 2. The van der Waals surface area contributed by atoms with E-state index in [0.29, 0.717) is 5.56 Å². The zero-order valence-electron chi connectivity index (χ0n) is 17.6. The van der Waals surface area contributed by atoms with Crippen LogP contribution in [-0.2, 0) is 29.3 Å². The number of carbonyl (C=O) groups is 1. The van der Waals surface area contributed by atoms with Gasteiger partial charge in [0.15, 0.2) is 0 Å². The van der Waals surface area contributed by atoms with Gasteiger partial charge in [0.25, 0.3) is 5.91 Å². The highest BCUT2D eigenvalue weighted by Gasteiger charge is 2.32. The molecular formula is C22H18ClF4N3O3S. The second kappa shape index (κ2) is 9.98. The number of nitrogens with zero attached hydrogens (tertiary/aromatic N) is 2. The molecule has 6 nitrogen and oxygen atoms in total. The Morgan fingerprint density at radius 1 is 1.09 bits per heavy atom. The topological polar surface area (TPSA) is 79.4 Å². The zero-order chi connectivity index (χ0) is 25.1. The summed E-state index contributed by atoms with van der Waals surface area (Å²) in [6, 6.07) is 11.5. The maximum absolute atomic E-state index is 14.2. The minimum absolute atomic E-state index is 0.00145. The highest BCUT2D eigenvalue weighted by molar-refractivity contribution is 7.92. The minimum atomic E-state index is -4.55. The molecule has 0 saturated heterocycles. The first kappa shape index (κ1) is 25.4. The first-order valence-corrected chi connectivity index (χ1v) is 11.9. The lowest BCUT2D eigenvalue weighted by molar-refractivity contribution is -0.141. The standard InChI is InChI=1S/C22H18ClF4N3O3S/c1-34(32,33)30(13-17-18(23)3-2-4-19(17)24)16-8-6-15(7-9-16)21(31)29-12-14-5-10-20(28-11-14)22(25,26)27/h2-11H,12-13H2,1H3,(H,29,31). The Balaban J connectivity index is 1.72. The first-order chi connectivity index (χ1) is 15.9. The Bertz CT molecular complexity index is 1260. The Hall–Kier alpha value is -3.18. The van der Waals surface area contributed by atoms with Crippen LogP contribution in [0.25, 0.3) is 0 Å². The molecule has 180 valence electrons. The fourth-order valence-corrected chi connectivity index (χ4v) is 4.08. The van der Waals surface area contributed by atoms with Gasteiger partial charge >= 0.3 is 6.18 Å². The smallest absolute Gasteiger partial charge is 0.348 e. The summed E-state index contributed by atoms with van der Waals surface area (Å²) in [5.41, 5.74) is -0.305. The summed E-state index contributed by atoms with van der Waals surface area (Å²) in [5.74, 6) is -1.19. The molecule has 0 atom stereocenters. The number of carbonyl (C=O) groups excluding carboxylic acids is 1. The third-order valence-electron chi connectivity index (χ3n) is 4.75. The van der Waals surface area contributed by atoms with Crippen molar-refractivity contribution < 1.29 is 30.8 Å². The predicted molar refractivity (Wildman–Crippen MR) is 119 cm³/mol. The van der Waals surface area contributed by atoms with E-state index in [4.69, 9.17) is 11.6 Å². The number of hydrogen-bond acceptors (Lipinski definition) is 4. The number of nitrogens with one attached hydrogen (secondary N) is 1. The van der Waals surface area contributed by atoms with E-state index in [1.165, 1.54) is 48.5 Å². The zero-order valence-corrected chi connectivity index (χ0v) is 19.2. The molecule has 0 saturated carbocycles.